The van der Waals surface area contributed by atoms with Crippen molar-refractivity contribution < 1.29 is 37.1 Å². The third kappa shape index (κ3) is 7.48. The Morgan fingerprint density at radius 3 is 2.37 bits per heavy atom. The van der Waals surface area contributed by atoms with Crippen molar-refractivity contribution >= 4 is 40.2 Å². The fourth-order valence-electron chi connectivity index (χ4n) is 5.40. The van der Waals surface area contributed by atoms with E-state index < -0.39 is 47.8 Å². The highest BCUT2D eigenvalue weighted by molar-refractivity contribution is 5.99. The Bertz CT molecular complexity index is 1760. The fourth-order valence-corrected chi connectivity index (χ4v) is 5.40. The third-order valence-electron chi connectivity index (χ3n) is 7.86. The van der Waals surface area contributed by atoms with Gasteiger partial charge in [-0.2, -0.15) is 0 Å². The van der Waals surface area contributed by atoms with Gasteiger partial charge in [0.25, 0.3) is 0 Å². The number of halogens is 3. The highest BCUT2D eigenvalue weighted by Gasteiger charge is 2.31. The summed E-state index contributed by atoms with van der Waals surface area (Å²) in [4.78, 5) is 59.6. The van der Waals surface area contributed by atoms with Crippen molar-refractivity contribution in [3.05, 3.63) is 95.4 Å². The molecule has 0 bridgehead atoms. The highest BCUT2D eigenvalue weighted by Crippen LogP contribution is 2.22. The summed E-state index contributed by atoms with van der Waals surface area (Å²) in [5, 5.41) is 3.20. The van der Waals surface area contributed by atoms with Crippen LogP contribution in [-0.2, 0) is 32.0 Å². The van der Waals surface area contributed by atoms with Crippen LogP contribution in [0, 0.1) is 17.5 Å². The number of carbonyl (C=O) groups is 4. The number of carbonyl (C=O) groups excluding carboxylic acids is 4. The monoisotopic (exact) mass is 635 g/mol. The standard InChI is InChI=1S/C33H32F3N5O5/c1-39(25-4-6-26(46-2)7-5-25)33(45)29(13-20-11-23(35)15-24(36)12-20)38-30(42)18-40-9-10-41(19-32(40)44)31(43)14-21-17-37-28-8-3-22(34)16-27(21)28/h3-8,11-12,15-17,29,37H,9-10,13-14,18-19H2,1-2H3,(H,38,42)/t29-/m0/s1. The molecule has 0 aliphatic carbocycles. The Balaban J connectivity index is 1.23. The molecule has 13 heteroatoms. The molecule has 3 aromatic carbocycles. The summed E-state index contributed by atoms with van der Waals surface area (Å²) in [7, 11) is 3.01. The Labute approximate surface area is 262 Å². The maximum Gasteiger partial charge on any atom is 0.249 e. The zero-order valence-electron chi connectivity index (χ0n) is 25.2. The summed E-state index contributed by atoms with van der Waals surface area (Å²) >= 11 is 0. The van der Waals surface area contributed by atoms with Gasteiger partial charge in [-0.3, -0.25) is 19.2 Å². The number of nitrogens with zero attached hydrogens (tertiary/aromatic N) is 3. The van der Waals surface area contributed by atoms with E-state index in [2.05, 4.69) is 10.3 Å². The molecule has 0 radical (unpaired) electrons. The van der Waals surface area contributed by atoms with Crippen LogP contribution >= 0.6 is 0 Å². The first kappa shape index (κ1) is 32.1. The van der Waals surface area contributed by atoms with Crippen LogP contribution in [0.25, 0.3) is 10.9 Å². The summed E-state index contributed by atoms with van der Waals surface area (Å²) in [5.74, 6) is -3.51. The summed E-state index contributed by atoms with van der Waals surface area (Å²) in [6, 6.07) is 12.5. The molecule has 1 aromatic heterocycles. The minimum absolute atomic E-state index is 0.0383. The van der Waals surface area contributed by atoms with E-state index in [9.17, 15) is 32.3 Å². The zero-order chi connectivity index (χ0) is 33.0. The molecule has 4 amide bonds. The SMILES string of the molecule is COc1ccc(N(C)C(=O)[C@H](Cc2cc(F)cc(F)c2)NC(=O)CN2CCN(C(=O)Cc3c[nH]c4ccc(F)cc34)CC2=O)cc1. The number of amides is 4. The van der Waals surface area contributed by atoms with E-state index in [1.807, 2.05) is 0 Å². The third-order valence-corrected chi connectivity index (χ3v) is 7.86. The summed E-state index contributed by atoms with van der Waals surface area (Å²) in [6.45, 7) is -0.413. The molecular formula is C33H32F3N5O5. The molecule has 46 heavy (non-hydrogen) atoms. The quantitative estimate of drug-likeness (QED) is 0.278. The molecule has 4 aromatic rings. The summed E-state index contributed by atoms with van der Waals surface area (Å²) < 4.78 is 46.8. The lowest BCUT2D eigenvalue weighted by atomic mass is 10.0. The van der Waals surface area contributed by atoms with Gasteiger partial charge in [0, 0.05) is 55.4 Å². The molecule has 1 atom stereocenters. The average Bonchev–Trinajstić information content (AvgIpc) is 3.41. The molecule has 2 N–H and O–H groups in total. The largest absolute Gasteiger partial charge is 0.497 e. The lowest BCUT2D eigenvalue weighted by Crippen LogP contribution is -2.56. The van der Waals surface area contributed by atoms with E-state index in [1.54, 1.807) is 36.5 Å². The predicted octanol–water partition coefficient (Wildman–Crippen LogP) is 3.20. The molecule has 0 unspecified atom stereocenters. The minimum atomic E-state index is -1.22. The van der Waals surface area contributed by atoms with Gasteiger partial charge in [0.05, 0.1) is 26.6 Å². The Kier molecular flexibility index (Phi) is 9.59. The van der Waals surface area contributed by atoms with Gasteiger partial charge in [0.15, 0.2) is 0 Å². The molecule has 5 rings (SSSR count). The number of rotatable bonds is 10. The second-order valence-electron chi connectivity index (χ2n) is 11.0. The van der Waals surface area contributed by atoms with Crippen molar-refractivity contribution in [1.82, 2.24) is 20.1 Å². The number of aromatic amines is 1. The molecule has 1 fully saturated rings. The second kappa shape index (κ2) is 13.8. The van der Waals surface area contributed by atoms with E-state index >= 15 is 0 Å². The summed E-state index contributed by atoms with van der Waals surface area (Å²) in [5.41, 5.74) is 1.93. The van der Waals surface area contributed by atoms with Gasteiger partial charge in [-0.05, 0) is 65.7 Å². The number of H-pyrrole nitrogens is 1. The number of ether oxygens (including phenoxy) is 1. The fraction of sp³-hybridized carbons (Fsp3) is 0.273. The molecule has 10 nitrogen and oxygen atoms in total. The van der Waals surface area contributed by atoms with Gasteiger partial charge < -0.3 is 29.7 Å². The lowest BCUT2D eigenvalue weighted by Gasteiger charge is -2.34. The lowest BCUT2D eigenvalue weighted by molar-refractivity contribution is -0.146. The molecule has 1 aliphatic rings. The van der Waals surface area contributed by atoms with Crippen LogP contribution < -0.4 is 15.0 Å². The Morgan fingerprint density at radius 1 is 0.978 bits per heavy atom. The van der Waals surface area contributed by atoms with Crippen molar-refractivity contribution in [2.45, 2.75) is 18.9 Å². The first-order valence-electron chi connectivity index (χ1n) is 14.5. The molecule has 1 saturated heterocycles. The molecular weight excluding hydrogens is 603 g/mol. The van der Waals surface area contributed by atoms with E-state index in [-0.39, 0.29) is 43.9 Å². The van der Waals surface area contributed by atoms with Gasteiger partial charge in [-0.15, -0.1) is 0 Å². The van der Waals surface area contributed by atoms with Crippen LogP contribution in [0.3, 0.4) is 0 Å². The number of anilines is 1. The number of benzene rings is 3. The number of fused-ring (bicyclic) bond motifs is 1. The smallest absolute Gasteiger partial charge is 0.249 e. The number of nitrogens with one attached hydrogen (secondary N) is 2. The van der Waals surface area contributed by atoms with Crippen LogP contribution in [0.2, 0.25) is 0 Å². The topological polar surface area (TPSA) is 115 Å². The first-order chi connectivity index (χ1) is 22.0. The normalized spacial score (nSPS) is 13.9. The van der Waals surface area contributed by atoms with Gasteiger partial charge in [-0.25, -0.2) is 13.2 Å². The van der Waals surface area contributed by atoms with Crippen LogP contribution in [-0.4, -0.2) is 84.8 Å². The van der Waals surface area contributed by atoms with Gasteiger partial charge in [0.1, 0.15) is 29.2 Å². The van der Waals surface area contributed by atoms with Crippen molar-refractivity contribution in [3.8, 4) is 5.75 Å². The summed E-state index contributed by atoms with van der Waals surface area (Å²) in [6.07, 6.45) is 1.38. The van der Waals surface area contributed by atoms with E-state index in [4.69, 9.17) is 4.74 Å². The number of aromatic nitrogens is 1. The van der Waals surface area contributed by atoms with Crippen molar-refractivity contribution in [2.75, 3.05) is 45.2 Å². The first-order valence-corrected chi connectivity index (χ1v) is 14.5. The van der Waals surface area contributed by atoms with Crippen molar-refractivity contribution in [2.24, 2.45) is 0 Å². The van der Waals surface area contributed by atoms with E-state index in [0.717, 1.165) is 12.1 Å². The van der Waals surface area contributed by atoms with Gasteiger partial charge >= 0.3 is 0 Å². The number of likely N-dealkylation sites (N-methyl/N-ethyl adjacent to an activating group) is 1. The number of hydrogen-bond acceptors (Lipinski definition) is 5. The molecule has 240 valence electrons. The number of hydrogen-bond donors (Lipinski definition) is 2. The Hall–Kier alpha value is -5.33. The van der Waals surface area contributed by atoms with E-state index in [0.29, 0.717) is 34.0 Å². The number of piperazine rings is 1. The zero-order valence-corrected chi connectivity index (χ0v) is 25.2. The maximum atomic E-state index is 13.9. The van der Waals surface area contributed by atoms with Crippen molar-refractivity contribution in [1.29, 1.82) is 0 Å². The minimum Gasteiger partial charge on any atom is -0.497 e. The van der Waals surface area contributed by atoms with Crippen LogP contribution in [0.1, 0.15) is 11.1 Å². The van der Waals surface area contributed by atoms with Gasteiger partial charge in [-0.1, -0.05) is 0 Å². The van der Waals surface area contributed by atoms with Crippen LogP contribution in [0.4, 0.5) is 18.9 Å². The van der Waals surface area contributed by atoms with Gasteiger partial charge in [0.2, 0.25) is 23.6 Å². The predicted molar refractivity (Wildman–Crippen MR) is 164 cm³/mol. The molecule has 1 aliphatic heterocycles. The Morgan fingerprint density at radius 2 is 1.70 bits per heavy atom. The molecule has 2 heterocycles. The average molecular weight is 636 g/mol. The molecule has 0 spiro atoms. The number of methoxy groups -OCH3 is 1. The highest BCUT2D eigenvalue weighted by atomic mass is 19.1. The maximum absolute atomic E-state index is 13.9. The van der Waals surface area contributed by atoms with Crippen LogP contribution in [0.5, 0.6) is 5.75 Å². The van der Waals surface area contributed by atoms with E-state index in [1.165, 1.54) is 41.0 Å². The van der Waals surface area contributed by atoms with Crippen LogP contribution in [0.15, 0.2) is 66.9 Å². The second-order valence-corrected chi connectivity index (χ2v) is 11.0. The van der Waals surface area contributed by atoms with Crippen molar-refractivity contribution in [3.63, 3.8) is 0 Å². The molecule has 0 saturated carbocycles.